The Kier molecular flexibility index (Phi) is 3.88. The van der Waals surface area contributed by atoms with Crippen LogP contribution in [-0.2, 0) is 7.05 Å². The van der Waals surface area contributed by atoms with Crippen LogP contribution >= 0.6 is 0 Å². The van der Waals surface area contributed by atoms with Crippen LogP contribution in [0.25, 0.3) is 11.3 Å². The highest BCUT2D eigenvalue weighted by Gasteiger charge is 2.21. The van der Waals surface area contributed by atoms with Crippen molar-refractivity contribution in [3.63, 3.8) is 0 Å². The van der Waals surface area contributed by atoms with Gasteiger partial charge in [0.05, 0.1) is 12.8 Å². The Morgan fingerprint density at radius 3 is 2.52 bits per heavy atom. The molecule has 0 fully saturated rings. The Hall–Kier alpha value is -2.51. The van der Waals surface area contributed by atoms with E-state index in [1.165, 1.54) is 14.2 Å². The van der Waals surface area contributed by atoms with Crippen molar-refractivity contribution < 1.29 is 27.8 Å². The Bertz CT molecular complexity index is 698. The number of alkyl halides is 2. The summed E-state index contributed by atoms with van der Waals surface area (Å²) in [5.41, 5.74) is -0.639. The van der Waals surface area contributed by atoms with Crippen molar-refractivity contribution in [2.75, 3.05) is 7.11 Å². The fraction of sp³-hybridized carbons (Fsp3) is 0.231. The third-order valence-electron chi connectivity index (χ3n) is 2.90. The van der Waals surface area contributed by atoms with E-state index in [0.717, 1.165) is 16.8 Å². The molecule has 0 saturated heterocycles. The van der Waals surface area contributed by atoms with Gasteiger partial charge in [0.1, 0.15) is 0 Å². The predicted molar refractivity (Wildman–Crippen MR) is 67.1 cm³/mol. The van der Waals surface area contributed by atoms with Crippen LogP contribution in [-0.4, -0.2) is 28.0 Å². The van der Waals surface area contributed by atoms with Gasteiger partial charge in [0.25, 0.3) is 6.43 Å². The average molecular weight is 300 g/mol. The Labute approximate surface area is 117 Å². The highest BCUT2D eigenvalue weighted by Crippen LogP contribution is 2.36. The zero-order valence-electron chi connectivity index (χ0n) is 11.1. The van der Waals surface area contributed by atoms with Gasteiger partial charge in [0, 0.05) is 18.2 Å². The topological polar surface area (TPSA) is 64.3 Å². The summed E-state index contributed by atoms with van der Waals surface area (Å²) >= 11 is 0. The fourth-order valence-corrected chi connectivity index (χ4v) is 1.96. The first-order valence-electron chi connectivity index (χ1n) is 5.78. The Morgan fingerprint density at radius 2 is 2.05 bits per heavy atom. The molecule has 0 atom stereocenters. The highest BCUT2D eigenvalue weighted by molar-refractivity contribution is 5.87. The molecule has 1 N–H and O–H groups in total. The van der Waals surface area contributed by atoms with E-state index in [1.54, 1.807) is 0 Å². The SMILES string of the molecule is COc1c(F)cc(C(F)F)cc1-c1cc(C(=O)O)nn1C. The van der Waals surface area contributed by atoms with Crippen molar-refractivity contribution in [1.82, 2.24) is 9.78 Å². The largest absolute Gasteiger partial charge is 0.493 e. The minimum Gasteiger partial charge on any atom is -0.493 e. The smallest absolute Gasteiger partial charge is 0.356 e. The molecule has 0 radical (unpaired) electrons. The molecule has 112 valence electrons. The minimum absolute atomic E-state index is 0.00954. The molecule has 8 heteroatoms. The van der Waals surface area contributed by atoms with E-state index in [4.69, 9.17) is 9.84 Å². The van der Waals surface area contributed by atoms with Crippen LogP contribution in [0.3, 0.4) is 0 Å². The van der Waals surface area contributed by atoms with Crippen molar-refractivity contribution in [1.29, 1.82) is 0 Å². The zero-order chi connectivity index (χ0) is 15.7. The molecule has 0 bridgehead atoms. The van der Waals surface area contributed by atoms with Crippen LogP contribution in [0.5, 0.6) is 5.75 Å². The van der Waals surface area contributed by atoms with Gasteiger partial charge in [-0.05, 0) is 18.2 Å². The molecule has 0 spiro atoms. The number of nitrogens with zero attached hydrogens (tertiary/aromatic N) is 2. The molecule has 0 aliphatic heterocycles. The van der Waals surface area contributed by atoms with E-state index >= 15 is 0 Å². The molecular formula is C13H11F3N2O3. The van der Waals surface area contributed by atoms with Gasteiger partial charge in [-0.25, -0.2) is 18.0 Å². The number of aromatic carboxylic acids is 1. The molecule has 0 amide bonds. The number of carbonyl (C=O) groups is 1. The highest BCUT2D eigenvalue weighted by atomic mass is 19.3. The summed E-state index contributed by atoms with van der Waals surface area (Å²) in [4.78, 5) is 10.9. The lowest BCUT2D eigenvalue weighted by Crippen LogP contribution is -2.01. The lowest BCUT2D eigenvalue weighted by Gasteiger charge is -2.12. The molecule has 2 aromatic rings. The van der Waals surface area contributed by atoms with Crippen molar-refractivity contribution in [2.24, 2.45) is 7.05 Å². The number of methoxy groups -OCH3 is 1. The number of benzene rings is 1. The number of aryl methyl sites for hydroxylation is 1. The molecule has 21 heavy (non-hydrogen) atoms. The molecule has 1 heterocycles. The van der Waals surface area contributed by atoms with Crippen molar-refractivity contribution in [2.45, 2.75) is 6.43 Å². The van der Waals surface area contributed by atoms with E-state index < -0.39 is 23.8 Å². The lowest BCUT2D eigenvalue weighted by atomic mass is 10.1. The number of aromatic nitrogens is 2. The van der Waals surface area contributed by atoms with Crippen molar-refractivity contribution in [3.8, 4) is 17.0 Å². The molecule has 0 aliphatic rings. The maximum absolute atomic E-state index is 13.8. The quantitative estimate of drug-likeness (QED) is 0.943. The maximum Gasteiger partial charge on any atom is 0.356 e. The standard InChI is InChI=1S/C13H11F3N2O3/c1-18-10(5-9(17-18)13(19)20)7-3-6(12(15)16)4-8(14)11(7)21-2/h3-5,12H,1-2H3,(H,19,20). The maximum atomic E-state index is 13.8. The van der Waals surface area contributed by atoms with Gasteiger partial charge in [0.2, 0.25) is 0 Å². The van der Waals surface area contributed by atoms with E-state index in [2.05, 4.69) is 5.10 Å². The number of ether oxygens (including phenoxy) is 1. The summed E-state index contributed by atoms with van der Waals surface area (Å²) < 4.78 is 45.5. The minimum atomic E-state index is -2.86. The molecule has 1 aromatic heterocycles. The molecule has 1 aromatic carbocycles. The van der Waals surface area contributed by atoms with E-state index in [1.807, 2.05) is 0 Å². The van der Waals surface area contributed by atoms with Crippen LogP contribution in [0.4, 0.5) is 13.2 Å². The summed E-state index contributed by atoms with van der Waals surface area (Å²) in [5.74, 6) is -2.48. The Morgan fingerprint density at radius 1 is 1.38 bits per heavy atom. The summed E-state index contributed by atoms with van der Waals surface area (Å²) in [6, 6.07) is 2.89. The molecular weight excluding hydrogens is 289 g/mol. The third-order valence-corrected chi connectivity index (χ3v) is 2.90. The van der Waals surface area contributed by atoms with E-state index in [0.29, 0.717) is 6.07 Å². The second kappa shape index (κ2) is 5.47. The first kappa shape index (κ1) is 14.9. The van der Waals surface area contributed by atoms with E-state index in [9.17, 15) is 18.0 Å². The van der Waals surface area contributed by atoms with Crippen LogP contribution < -0.4 is 4.74 Å². The number of halogens is 3. The lowest BCUT2D eigenvalue weighted by molar-refractivity contribution is 0.0689. The number of carboxylic acids is 1. The molecule has 0 aliphatic carbocycles. The second-order valence-corrected chi connectivity index (χ2v) is 4.23. The predicted octanol–water partition coefficient (Wildman–Crippen LogP) is 2.87. The monoisotopic (exact) mass is 300 g/mol. The third kappa shape index (κ3) is 2.69. The first-order valence-corrected chi connectivity index (χ1v) is 5.78. The number of hydrogen-bond donors (Lipinski definition) is 1. The van der Waals surface area contributed by atoms with Crippen LogP contribution in [0, 0.1) is 5.82 Å². The van der Waals surface area contributed by atoms with Gasteiger partial charge >= 0.3 is 5.97 Å². The molecule has 2 rings (SSSR count). The van der Waals surface area contributed by atoms with Gasteiger partial charge in [-0.15, -0.1) is 0 Å². The summed E-state index contributed by atoms with van der Waals surface area (Å²) in [6.07, 6.45) is -2.86. The van der Waals surface area contributed by atoms with Crippen LogP contribution in [0.15, 0.2) is 18.2 Å². The number of carboxylic acid groups (broad SMARTS) is 1. The zero-order valence-corrected chi connectivity index (χ0v) is 11.1. The molecule has 0 saturated carbocycles. The van der Waals surface area contributed by atoms with Crippen molar-refractivity contribution >= 4 is 5.97 Å². The second-order valence-electron chi connectivity index (χ2n) is 4.23. The van der Waals surface area contributed by atoms with E-state index in [-0.39, 0.29) is 22.7 Å². The number of hydrogen-bond acceptors (Lipinski definition) is 3. The van der Waals surface area contributed by atoms with Gasteiger partial charge in [-0.2, -0.15) is 5.10 Å². The fourth-order valence-electron chi connectivity index (χ4n) is 1.96. The Balaban J connectivity index is 2.69. The summed E-state index contributed by atoms with van der Waals surface area (Å²) in [6.45, 7) is 0. The van der Waals surface area contributed by atoms with Gasteiger partial charge in [0.15, 0.2) is 17.3 Å². The summed E-state index contributed by atoms with van der Waals surface area (Å²) in [5, 5.41) is 12.6. The average Bonchev–Trinajstić information content (AvgIpc) is 2.79. The number of rotatable bonds is 4. The van der Waals surface area contributed by atoms with Gasteiger partial charge in [-0.1, -0.05) is 0 Å². The molecule has 5 nitrogen and oxygen atoms in total. The summed E-state index contributed by atoms with van der Waals surface area (Å²) in [7, 11) is 2.62. The molecule has 0 unspecified atom stereocenters. The normalized spacial score (nSPS) is 11.0. The van der Waals surface area contributed by atoms with Crippen LogP contribution in [0.1, 0.15) is 22.5 Å². The van der Waals surface area contributed by atoms with Crippen molar-refractivity contribution in [3.05, 3.63) is 35.3 Å². The van der Waals surface area contributed by atoms with Gasteiger partial charge < -0.3 is 9.84 Å². The van der Waals surface area contributed by atoms with Gasteiger partial charge in [-0.3, -0.25) is 4.68 Å². The first-order chi connectivity index (χ1) is 9.85. The van der Waals surface area contributed by atoms with Crippen LogP contribution in [0.2, 0.25) is 0 Å².